The molecule has 7 rings (SSSR count). The molecule has 7 aromatic rings. The maximum atomic E-state index is 11.3. The van der Waals surface area contributed by atoms with Crippen molar-refractivity contribution in [2.24, 2.45) is 0 Å². The molecule has 2 heterocycles. The van der Waals surface area contributed by atoms with E-state index in [9.17, 15) is 40.5 Å². The number of rotatable bonds is 10. The number of nitrogens with zero attached hydrogens (tertiary/aromatic N) is 6. The summed E-state index contributed by atoms with van der Waals surface area (Å²) in [5.74, 6) is 0. The second kappa shape index (κ2) is 14.3. The van der Waals surface area contributed by atoms with E-state index in [1.807, 2.05) is 48.5 Å². The minimum absolute atomic E-state index is 0.0642. The summed E-state index contributed by atoms with van der Waals surface area (Å²) in [6.07, 6.45) is 0. The Morgan fingerprint density at radius 2 is 0.463 bits per heavy atom. The summed E-state index contributed by atoms with van der Waals surface area (Å²) in [5.41, 5.74) is 7.60. The van der Waals surface area contributed by atoms with Gasteiger partial charge in [-0.3, -0.25) is 40.5 Å². The second-order valence-electron chi connectivity index (χ2n) is 12.0. The van der Waals surface area contributed by atoms with E-state index in [1.54, 1.807) is 48.5 Å². The molecule has 0 spiro atoms. The fraction of sp³-hybridized carbons (Fsp3) is 0. The van der Waals surface area contributed by atoms with Gasteiger partial charge in [-0.25, -0.2) is 9.97 Å². The zero-order valence-corrected chi connectivity index (χ0v) is 27.8. The highest BCUT2D eigenvalue weighted by atomic mass is 16.6. The number of benzene rings is 5. The van der Waals surface area contributed by atoms with Gasteiger partial charge in [0.1, 0.15) is 0 Å². The summed E-state index contributed by atoms with van der Waals surface area (Å²) in [5, 5.41) is 45.1. The van der Waals surface area contributed by atoms with E-state index in [1.165, 1.54) is 48.5 Å². The predicted molar refractivity (Wildman–Crippen MR) is 201 cm³/mol. The third-order valence-corrected chi connectivity index (χ3v) is 8.70. The first-order valence-electron chi connectivity index (χ1n) is 16.2. The van der Waals surface area contributed by atoms with Crippen molar-refractivity contribution in [2.45, 2.75) is 0 Å². The fourth-order valence-corrected chi connectivity index (χ4v) is 5.86. The van der Waals surface area contributed by atoms with E-state index in [0.717, 1.165) is 22.3 Å². The Morgan fingerprint density at radius 1 is 0.278 bits per heavy atom. The summed E-state index contributed by atoms with van der Waals surface area (Å²) >= 11 is 0. The summed E-state index contributed by atoms with van der Waals surface area (Å²) in [6.45, 7) is 0. The minimum Gasteiger partial charge on any atom is -0.258 e. The van der Waals surface area contributed by atoms with Crippen LogP contribution >= 0.6 is 0 Å². The molecule has 0 saturated heterocycles. The predicted octanol–water partition coefficient (Wildman–Crippen LogP) is 10.1. The molecule has 0 atom stereocenters. The van der Waals surface area contributed by atoms with Crippen LogP contribution in [-0.2, 0) is 0 Å². The third-order valence-electron chi connectivity index (χ3n) is 8.70. The van der Waals surface area contributed by atoms with Crippen molar-refractivity contribution in [2.75, 3.05) is 0 Å². The average Bonchev–Trinajstić information content (AvgIpc) is 3.20. The van der Waals surface area contributed by atoms with Crippen LogP contribution in [0.2, 0.25) is 0 Å². The third kappa shape index (κ3) is 7.24. The van der Waals surface area contributed by atoms with Gasteiger partial charge in [-0.15, -0.1) is 0 Å². The molecule has 54 heavy (non-hydrogen) atoms. The minimum atomic E-state index is -0.482. The summed E-state index contributed by atoms with van der Waals surface area (Å²) in [7, 11) is 0. The molecule has 0 amide bonds. The molecule has 5 aromatic carbocycles. The van der Waals surface area contributed by atoms with Crippen LogP contribution in [0.15, 0.2) is 146 Å². The molecule has 262 valence electrons. The second-order valence-corrected chi connectivity index (χ2v) is 12.0. The van der Waals surface area contributed by atoms with Crippen LogP contribution in [-0.4, -0.2) is 29.7 Å². The van der Waals surface area contributed by atoms with E-state index in [0.29, 0.717) is 45.0 Å². The summed E-state index contributed by atoms with van der Waals surface area (Å²) < 4.78 is 0. The van der Waals surface area contributed by atoms with E-state index >= 15 is 0 Å². The van der Waals surface area contributed by atoms with Crippen molar-refractivity contribution in [1.29, 1.82) is 0 Å². The van der Waals surface area contributed by atoms with E-state index < -0.39 is 19.7 Å². The largest absolute Gasteiger partial charge is 0.269 e. The first-order valence-corrected chi connectivity index (χ1v) is 16.2. The van der Waals surface area contributed by atoms with Gasteiger partial charge in [-0.1, -0.05) is 24.3 Å². The molecule has 0 radical (unpaired) electrons. The number of hydrogen-bond donors (Lipinski definition) is 0. The summed E-state index contributed by atoms with van der Waals surface area (Å²) in [6, 6.07) is 39.2. The van der Waals surface area contributed by atoms with Crippen molar-refractivity contribution >= 4 is 22.7 Å². The molecular weight excluding hydrogens is 692 g/mol. The Bertz CT molecular complexity index is 2240. The van der Waals surface area contributed by atoms with Gasteiger partial charge in [0.25, 0.3) is 22.7 Å². The molecule has 0 N–H and O–H groups in total. The number of nitro groups is 4. The van der Waals surface area contributed by atoms with Crippen LogP contribution in [0.4, 0.5) is 22.7 Å². The smallest absolute Gasteiger partial charge is 0.258 e. The molecule has 0 aliphatic carbocycles. The highest BCUT2D eigenvalue weighted by Crippen LogP contribution is 2.35. The molecule has 0 aliphatic rings. The molecule has 14 heteroatoms. The maximum Gasteiger partial charge on any atom is 0.269 e. The molecular formula is C40H24N6O8. The highest BCUT2D eigenvalue weighted by Gasteiger charge is 2.15. The van der Waals surface area contributed by atoms with Gasteiger partial charge in [0.05, 0.1) is 42.5 Å². The highest BCUT2D eigenvalue weighted by molar-refractivity contribution is 5.81. The Kier molecular flexibility index (Phi) is 9.14. The van der Waals surface area contributed by atoms with Gasteiger partial charge >= 0.3 is 0 Å². The van der Waals surface area contributed by atoms with Crippen LogP contribution in [0.3, 0.4) is 0 Å². The van der Waals surface area contributed by atoms with E-state index in [2.05, 4.69) is 0 Å². The lowest BCUT2D eigenvalue weighted by Gasteiger charge is -2.12. The van der Waals surface area contributed by atoms with Crippen molar-refractivity contribution in [3.8, 4) is 67.3 Å². The van der Waals surface area contributed by atoms with Gasteiger partial charge in [0, 0.05) is 70.8 Å². The van der Waals surface area contributed by atoms with Crippen LogP contribution in [0.5, 0.6) is 0 Å². The van der Waals surface area contributed by atoms with Gasteiger partial charge in [-0.05, 0) is 95.1 Å². The fourth-order valence-electron chi connectivity index (χ4n) is 5.86. The van der Waals surface area contributed by atoms with Crippen LogP contribution in [0.25, 0.3) is 67.3 Å². The SMILES string of the molecule is O=[N+]([O-])c1ccc(-c2cc(-c3ccc(-c4cc(-c5ccc([N+](=O)[O-])cc5)nc(-c5ccc([N+](=O)[O-])cc5)c4)cc3)cc(-c3ccc([N+](=O)[O-])cc3)n2)cc1. The van der Waals surface area contributed by atoms with Crippen molar-refractivity contribution in [3.63, 3.8) is 0 Å². The van der Waals surface area contributed by atoms with Gasteiger partial charge in [0.15, 0.2) is 0 Å². The molecule has 0 bridgehead atoms. The topological polar surface area (TPSA) is 198 Å². The van der Waals surface area contributed by atoms with Gasteiger partial charge in [0.2, 0.25) is 0 Å². The van der Waals surface area contributed by atoms with Crippen LogP contribution in [0.1, 0.15) is 0 Å². The standard InChI is InChI=1S/C40H24N6O8/c47-43(48)33-13-5-27(6-14-33)37-21-31(22-38(41-37)28-7-15-34(16-8-28)44(49)50)25-1-2-26(4-3-25)32-23-39(29-9-17-35(18-10-29)45(51)52)42-40(24-32)30-11-19-36(20-12-30)46(53)54/h1-24H. The Balaban J connectivity index is 1.30. The molecule has 14 nitrogen and oxygen atoms in total. The Hall–Kier alpha value is -8.00. The molecule has 0 saturated carbocycles. The first-order chi connectivity index (χ1) is 26.0. The number of pyridine rings is 2. The van der Waals surface area contributed by atoms with Crippen LogP contribution < -0.4 is 0 Å². The van der Waals surface area contributed by atoms with Crippen molar-refractivity contribution in [1.82, 2.24) is 9.97 Å². The average molecular weight is 717 g/mol. The number of hydrogen-bond acceptors (Lipinski definition) is 10. The maximum absolute atomic E-state index is 11.3. The zero-order valence-electron chi connectivity index (χ0n) is 27.8. The number of nitro benzene ring substituents is 4. The van der Waals surface area contributed by atoms with Crippen molar-refractivity contribution < 1.29 is 19.7 Å². The van der Waals surface area contributed by atoms with Gasteiger partial charge < -0.3 is 0 Å². The monoisotopic (exact) mass is 716 g/mol. The lowest BCUT2D eigenvalue weighted by Crippen LogP contribution is -1.94. The van der Waals surface area contributed by atoms with Crippen LogP contribution in [0, 0.1) is 40.5 Å². The lowest BCUT2D eigenvalue weighted by atomic mass is 9.96. The molecule has 0 unspecified atom stereocenters. The Labute approximate surface area is 305 Å². The van der Waals surface area contributed by atoms with Gasteiger partial charge in [-0.2, -0.15) is 0 Å². The van der Waals surface area contributed by atoms with E-state index in [4.69, 9.17) is 9.97 Å². The van der Waals surface area contributed by atoms with Crippen molar-refractivity contribution in [3.05, 3.63) is 186 Å². The lowest BCUT2D eigenvalue weighted by molar-refractivity contribution is -0.385. The molecule has 0 aliphatic heterocycles. The quantitative estimate of drug-likeness (QED) is 0.0969. The number of aromatic nitrogens is 2. The Morgan fingerprint density at radius 3 is 0.648 bits per heavy atom. The molecule has 2 aromatic heterocycles. The van der Waals surface area contributed by atoms with E-state index in [-0.39, 0.29) is 22.7 Å². The molecule has 0 fully saturated rings. The number of non-ortho nitro benzene ring substituents is 4. The zero-order chi connectivity index (χ0) is 37.9. The summed E-state index contributed by atoms with van der Waals surface area (Å²) in [4.78, 5) is 52.8. The normalized spacial score (nSPS) is 10.8. The first kappa shape index (κ1) is 34.4.